The van der Waals surface area contributed by atoms with Crippen LogP contribution >= 0.6 is 11.6 Å². The fraction of sp³-hybridized carbons (Fsp3) is 0.200. The first-order chi connectivity index (χ1) is 8.15. The summed E-state index contributed by atoms with van der Waals surface area (Å²) in [6.45, 7) is 0.344. The Balaban J connectivity index is 2.78. The Hall–Kier alpha value is -2.04. The van der Waals surface area contributed by atoms with Gasteiger partial charge in [-0.05, 0) is 18.0 Å². The number of pyridine rings is 1. The zero-order valence-electron chi connectivity index (χ0n) is 8.75. The Morgan fingerprint density at radius 3 is 3.12 bits per heavy atom. The first kappa shape index (κ1) is 13.0. The molecule has 0 radical (unpaired) electrons. The molecule has 0 fully saturated rings. The van der Waals surface area contributed by atoms with E-state index < -0.39 is 5.97 Å². The van der Waals surface area contributed by atoms with Crippen LogP contribution in [0.1, 0.15) is 22.3 Å². The molecule has 0 bridgehead atoms. The van der Waals surface area contributed by atoms with Crippen molar-refractivity contribution in [3.05, 3.63) is 45.1 Å². The second kappa shape index (κ2) is 6.52. The molecule has 0 unspecified atom stereocenters. The zero-order chi connectivity index (χ0) is 12.7. The molecule has 0 spiro atoms. The van der Waals surface area contributed by atoms with Crippen LogP contribution < -0.4 is 0 Å². The predicted octanol–water partition coefficient (Wildman–Crippen LogP) is 3.15. The molecule has 17 heavy (non-hydrogen) atoms. The average Bonchev–Trinajstić information content (AvgIpc) is 2.30. The molecular weight excluding hydrogens is 244 g/mol. The van der Waals surface area contributed by atoms with Gasteiger partial charge in [-0.25, -0.2) is 9.78 Å². The average molecular weight is 253 g/mol. The summed E-state index contributed by atoms with van der Waals surface area (Å²) in [5.74, 6) is -1.06. The van der Waals surface area contributed by atoms with Crippen molar-refractivity contribution in [3.8, 4) is 0 Å². The van der Waals surface area contributed by atoms with E-state index >= 15 is 0 Å². The maximum absolute atomic E-state index is 10.7. The largest absolute Gasteiger partial charge is 0.478 e. The van der Waals surface area contributed by atoms with E-state index in [1.165, 1.54) is 12.3 Å². The Kier molecular flexibility index (Phi) is 5.00. The van der Waals surface area contributed by atoms with E-state index in [1.54, 1.807) is 12.2 Å². The maximum Gasteiger partial charge on any atom is 0.337 e. The second-order valence-corrected chi connectivity index (χ2v) is 3.41. The summed E-state index contributed by atoms with van der Waals surface area (Å²) in [5, 5.41) is 12.4. The molecule has 7 heteroatoms. The fourth-order valence-corrected chi connectivity index (χ4v) is 1.25. The number of carboxylic acid groups (broad SMARTS) is 1. The molecule has 1 N–H and O–H groups in total. The summed E-state index contributed by atoms with van der Waals surface area (Å²) in [6.07, 6.45) is 5.14. The Labute approximate surface area is 102 Å². The van der Waals surface area contributed by atoms with E-state index in [-0.39, 0.29) is 10.7 Å². The lowest BCUT2D eigenvalue weighted by atomic mass is 10.2. The molecule has 0 atom stereocenters. The number of halogens is 1. The summed E-state index contributed by atoms with van der Waals surface area (Å²) in [7, 11) is 0. The molecule has 1 heterocycles. The van der Waals surface area contributed by atoms with E-state index in [4.69, 9.17) is 22.2 Å². The van der Waals surface area contributed by atoms with Crippen molar-refractivity contribution in [1.29, 1.82) is 0 Å². The molecule has 88 valence electrons. The predicted molar refractivity (Wildman–Crippen MR) is 63.9 cm³/mol. The third kappa shape index (κ3) is 4.14. The van der Waals surface area contributed by atoms with Gasteiger partial charge in [0.1, 0.15) is 5.15 Å². The van der Waals surface area contributed by atoms with E-state index in [1.807, 2.05) is 0 Å². The second-order valence-electron chi connectivity index (χ2n) is 3.05. The van der Waals surface area contributed by atoms with Gasteiger partial charge in [-0.2, -0.15) is 0 Å². The molecule has 6 nitrogen and oxygen atoms in total. The van der Waals surface area contributed by atoms with Gasteiger partial charge in [0.15, 0.2) is 0 Å². The zero-order valence-corrected chi connectivity index (χ0v) is 9.50. The van der Waals surface area contributed by atoms with Gasteiger partial charge < -0.3 is 5.11 Å². The first-order valence-electron chi connectivity index (χ1n) is 4.71. The highest BCUT2D eigenvalue weighted by molar-refractivity contribution is 6.30. The fourth-order valence-electron chi connectivity index (χ4n) is 1.09. The number of azide groups is 1. The Morgan fingerprint density at radius 1 is 1.71 bits per heavy atom. The van der Waals surface area contributed by atoms with Crippen LogP contribution in [0.5, 0.6) is 0 Å². The standard InChI is InChI=1S/C10H9ClN4O2/c11-9-7(3-1-2-4-14-15-12)5-8(6-13-9)10(16)17/h1,3,5-6H,2,4H2,(H,16,17). The summed E-state index contributed by atoms with van der Waals surface area (Å²) < 4.78 is 0. The lowest BCUT2D eigenvalue weighted by Gasteiger charge is -1.99. The van der Waals surface area contributed by atoms with Crippen LogP contribution in [-0.2, 0) is 0 Å². The third-order valence-corrected chi connectivity index (χ3v) is 2.19. The molecule has 1 aromatic rings. The smallest absolute Gasteiger partial charge is 0.337 e. The number of carbonyl (C=O) groups is 1. The van der Waals surface area contributed by atoms with Gasteiger partial charge in [0.2, 0.25) is 0 Å². The van der Waals surface area contributed by atoms with Gasteiger partial charge in [0.25, 0.3) is 0 Å². The monoisotopic (exact) mass is 252 g/mol. The molecule has 0 aliphatic heterocycles. The highest BCUT2D eigenvalue weighted by Crippen LogP contribution is 2.16. The van der Waals surface area contributed by atoms with Crippen LogP contribution in [0, 0.1) is 0 Å². The van der Waals surface area contributed by atoms with Crippen LogP contribution in [-0.4, -0.2) is 22.6 Å². The van der Waals surface area contributed by atoms with Crippen molar-refractivity contribution >= 4 is 23.6 Å². The minimum absolute atomic E-state index is 0.0732. The van der Waals surface area contributed by atoms with E-state index in [0.29, 0.717) is 18.5 Å². The number of nitrogens with zero attached hydrogens (tertiary/aromatic N) is 4. The van der Waals surface area contributed by atoms with Crippen molar-refractivity contribution < 1.29 is 9.90 Å². The van der Waals surface area contributed by atoms with Crippen LogP contribution in [0.3, 0.4) is 0 Å². The van der Waals surface area contributed by atoms with Crippen LogP contribution in [0.2, 0.25) is 5.15 Å². The lowest BCUT2D eigenvalue weighted by molar-refractivity contribution is 0.0696. The molecular formula is C10H9ClN4O2. The molecule has 1 aromatic heterocycles. The molecule has 0 amide bonds. The number of hydrogen-bond acceptors (Lipinski definition) is 3. The number of aromatic nitrogens is 1. The number of rotatable bonds is 5. The van der Waals surface area contributed by atoms with Crippen molar-refractivity contribution in [2.75, 3.05) is 6.54 Å². The molecule has 0 aromatic carbocycles. The van der Waals surface area contributed by atoms with Crippen LogP contribution in [0.15, 0.2) is 23.5 Å². The third-order valence-electron chi connectivity index (χ3n) is 1.87. The van der Waals surface area contributed by atoms with Crippen molar-refractivity contribution in [1.82, 2.24) is 4.98 Å². The van der Waals surface area contributed by atoms with Gasteiger partial charge in [0.05, 0.1) is 5.56 Å². The topological polar surface area (TPSA) is 99.0 Å². The summed E-state index contributed by atoms with van der Waals surface area (Å²) in [4.78, 5) is 17.1. The van der Waals surface area contributed by atoms with Crippen LogP contribution in [0.25, 0.3) is 16.5 Å². The SMILES string of the molecule is [N-]=[N+]=NCCC=Cc1cc(C(=O)O)cnc1Cl. The van der Waals surface area contributed by atoms with Gasteiger partial charge in [-0.15, -0.1) is 0 Å². The molecule has 1 rings (SSSR count). The highest BCUT2D eigenvalue weighted by Gasteiger charge is 2.06. The summed E-state index contributed by atoms with van der Waals surface area (Å²) in [6, 6.07) is 1.43. The van der Waals surface area contributed by atoms with Crippen molar-refractivity contribution in [3.63, 3.8) is 0 Å². The minimum Gasteiger partial charge on any atom is -0.478 e. The summed E-state index contributed by atoms with van der Waals surface area (Å²) >= 11 is 5.80. The van der Waals surface area contributed by atoms with Crippen LogP contribution in [0.4, 0.5) is 0 Å². The van der Waals surface area contributed by atoms with Crippen molar-refractivity contribution in [2.45, 2.75) is 6.42 Å². The molecule has 0 aliphatic carbocycles. The van der Waals surface area contributed by atoms with Gasteiger partial charge >= 0.3 is 5.97 Å². The van der Waals surface area contributed by atoms with E-state index in [9.17, 15) is 4.79 Å². The first-order valence-corrected chi connectivity index (χ1v) is 5.09. The van der Waals surface area contributed by atoms with Gasteiger partial charge in [-0.1, -0.05) is 28.9 Å². The van der Waals surface area contributed by atoms with Gasteiger partial charge in [-0.3, -0.25) is 0 Å². The quantitative estimate of drug-likeness (QED) is 0.286. The lowest BCUT2D eigenvalue weighted by Crippen LogP contribution is -1.98. The number of hydrogen-bond donors (Lipinski definition) is 1. The molecule has 0 saturated heterocycles. The molecule has 0 saturated carbocycles. The van der Waals surface area contributed by atoms with Crippen molar-refractivity contribution in [2.24, 2.45) is 5.11 Å². The number of carboxylic acids is 1. The highest BCUT2D eigenvalue weighted by atomic mass is 35.5. The summed E-state index contributed by atoms with van der Waals surface area (Å²) in [5.41, 5.74) is 8.66. The number of aromatic carboxylic acids is 1. The minimum atomic E-state index is -1.06. The van der Waals surface area contributed by atoms with E-state index in [2.05, 4.69) is 15.0 Å². The Morgan fingerprint density at radius 2 is 2.47 bits per heavy atom. The molecule has 0 aliphatic rings. The normalized spacial score (nSPS) is 10.2. The Bertz CT molecular complexity index is 495. The maximum atomic E-state index is 10.7. The van der Waals surface area contributed by atoms with Gasteiger partial charge in [0, 0.05) is 23.2 Å². The van der Waals surface area contributed by atoms with E-state index in [0.717, 1.165) is 0 Å².